The number of carboxylic acid groups (broad SMARTS) is 1. The quantitative estimate of drug-likeness (QED) is 0.811. The molecule has 0 bridgehead atoms. The molecule has 0 spiro atoms. The second-order valence-electron chi connectivity index (χ2n) is 5.89. The Labute approximate surface area is 140 Å². The molecule has 2 heterocycles. The molecule has 3 atom stereocenters. The summed E-state index contributed by atoms with van der Waals surface area (Å²) in [6.45, 7) is 2.25. The van der Waals surface area contributed by atoms with Crippen LogP contribution in [0, 0.1) is 5.92 Å². The van der Waals surface area contributed by atoms with Crippen LogP contribution in [0.25, 0.3) is 0 Å². The van der Waals surface area contributed by atoms with Crippen molar-refractivity contribution in [3.05, 3.63) is 23.9 Å². The van der Waals surface area contributed by atoms with E-state index in [0.29, 0.717) is 18.9 Å². The zero-order valence-electron chi connectivity index (χ0n) is 14.1. The van der Waals surface area contributed by atoms with Gasteiger partial charge in [0.25, 0.3) is 0 Å². The van der Waals surface area contributed by atoms with Crippen molar-refractivity contribution in [2.45, 2.75) is 25.5 Å². The maximum absolute atomic E-state index is 12.3. The Morgan fingerprint density at radius 2 is 2.29 bits per heavy atom. The summed E-state index contributed by atoms with van der Waals surface area (Å²) >= 11 is 0. The molecule has 8 heteroatoms. The first-order valence-electron chi connectivity index (χ1n) is 7.78. The molecule has 24 heavy (non-hydrogen) atoms. The summed E-state index contributed by atoms with van der Waals surface area (Å²) in [5, 5.41) is 11.8. The zero-order valence-corrected chi connectivity index (χ0v) is 14.1. The highest BCUT2D eigenvalue weighted by Crippen LogP contribution is 2.29. The number of hydrogen-bond donors (Lipinski definition) is 2. The second kappa shape index (κ2) is 7.96. The molecule has 2 N–H and O–H groups in total. The molecule has 2 amide bonds. The van der Waals surface area contributed by atoms with Crippen LogP contribution in [0.15, 0.2) is 18.3 Å². The van der Waals surface area contributed by atoms with Gasteiger partial charge in [0.15, 0.2) is 0 Å². The van der Waals surface area contributed by atoms with Crippen molar-refractivity contribution in [2.24, 2.45) is 5.92 Å². The SMILES string of the molecule is COc1ccc([C@H]2OCC[C@@H]2NC(=O)N(C)CC(C)C(=O)O)cn1. The van der Waals surface area contributed by atoms with Gasteiger partial charge in [-0.2, -0.15) is 0 Å². The average Bonchev–Trinajstić information content (AvgIpc) is 3.02. The number of amides is 2. The molecule has 132 valence electrons. The predicted molar refractivity (Wildman–Crippen MR) is 85.8 cm³/mol. The van der Waals surface area contributed by atoms with Gasteiger partial charge in [0, 0.05) is 38.0 Å². The van der Waals surface area contributed by atoms with Gasteiger partial charge in [-0.3, -0.25) is 4.79 Å². The third kappa shape index (κ3) is 4.35. The summed E-state index contributed by atoms with van der Waals surface area (Å²) < 4.78 is 10.8. The largest absolute Gasteiger partial charge is 0.481 e. The van der Waals surface area contributed by atoms with E-state index in [1.54, 1.807) is 33.3 Å². The van der Waals surface area contributed by atoms with E-state index in [-0.39, 0.29) is 24.7 Å². The monoisotopic (exact) mass is 337 g/mol. The van der Waals surface area contributed by atoms with Gasteiger partial charge in [0.05, 0.1) is 19.1 Å². The Morgan fingerprint density at radius 3 is 2.88 bits per heavy atom. The number of rotatable bonds is 6. The first kappa shape index (κ1) is 18.0. The van der Waals surface area contributed by atoms with Crippen LogP contribution < -0.4 is 10.1 Å². The number of carboxylic acids is 1. The molecule has 0 saturated carbocycles. The van der Waals surface area contributed by atoms with Crippen LogP contribution in [0.3, 0.4) is 0 Å². The molecular formula is C16H23N3O5. The lowest BCUT2D eigenvalue weighted by molar-refractivity contribution is -0.141. The number of nitrogens with zero attached hydrogens (tertiary/aromatic N) is 2. The number of urea groups is 1. The van der Waals surface area contributed by atoms with Crippen LogP contribution in [0.4, 0.5) is 4.79 Å². The number of pyridine rings is 1. The summed E-state index contributed by atoms with van der Waals surface area (Å²) in [7, 11) is 3.12. The van der Waals surface area contributed by atoms with Crippen molar-refractivity contribution >= 4 is 12.0 Å². The van der Waals surface area contributed by atoms with Crippen LogP contribution in [-0.4, -0.2) is 60.3 Å². The molecule has 0 aromatic carbocycles. The molecule has 1 fully saturated rings. The third-order valence-electron chi connectivity index (χ3n) is 4.01. The van der Waals surface area contributed by atoms with E-state index in [1.165, 1.54) is 4.90 Å². The van der Waals surface area contributed by atoms with Crippen molar-refractivity contribution in [1.29, 1.82) is 0 Å². The predicted octanol–water partition coefficient (Wildman–Crippen LogP) is 1.28. The Morgan fingerprint density at radius 1 is 1.54 bits per heavy atom. The summed E-state index contributed by atoms with van der Waals surface area (Å²) in [6, 6.07) is 3.11. The lowest BCUT2D eigenvalue weighted by Crippen LogP contribution is -2.46. The second-order valence-corrected chi connectivity index (χ2v) is 5.89. The highest BCUT2D eigenvalue weighted by molar-refractivity contribution is 5.76. The molecule has 1 aromatic rings. The fraction of sp³-hybridized carbons (Fsp3) is 0.562. The van der Waals surface area contributed by atoms with E-state index < -0.39 is 11.9 Å². The van der Waals surface area contributed by atoms with Gasteiger partial charge in [-0.05, 0) is 12.5 Å². The van der Waals surface area contributed by atoms with E-state index in [0.717, 1.165) is 5.56 Å². The number of aliphatic carboxylic acids is 1. The number of hydrogen-bond acceptors (Lipinski definition) is 5. The van der Waals surface area contributed by atoms with Gasteiger partial charge in [-0.25, -0.2) is 9.78 Å². The zero-order chi connectivity index (χ0) is 17.7. The summed E-state index contributed by atoms with van der Waals surface area (Å²) in [5.41, 5.74) is 0.861. The smallest absolute Gasteiger partial charge is 0.317 e. The average molecular weight is 337 g/mol. The number of nitrogens with one attached hydrogen (secondary N) is 1. The number of ether oxygens (including phenoxy) is 2. The fourth-order valence-corrected chi connectivity index (χ4v) is 2.59. The molecule has 2 rings (SSSR count). The van der Waals surface area contributed by atoms with E-state index in [9.17, 15) is 9.59 Å². The topological polar surface area (TPSA) is 101 Å². The molecule has 0 aliphatic carbocycles. The summed E-state index contributed by atoms with van der Waals surface area (Å²) in [6.07, 6.45) is 2.08. The summed E-state index contributed by atoms with van der Waals surface area (Å²) in [4.78, 5) is 28.7. The fourth-order valence-electron chi connectivity index (χ4n) is 2.59. The van der Waals surface area contributed by atoms with Gasteiger partial charge in [0.1, 0.15) is 6.10 Å². The van der Waals surface area contributed by atoms with Crippen molar-refractivity contribution in [3.8, 4) is 5.88 Å². The van der Waals surface area contributed by atoms with Gasteiger partial charge < -0.3 is 24.8 Å². The number of methoxy groups -OCH3 is 1. The van der Waals surface area contributed by atoms with Crippen LogP contribution in [0.2, 0.25) is 0 Å². The Hall–Kier alpha value is -2.35. The van der Waals surface area contributed by atoms with Crippen LogP contribution in [0.5, 0.6) is 5.88 Å². The Balaban J connectivity index is 1.97. The van der Waals surface area contributed by atoms with Crippen molar-refractivity contribution < 1.29 is 24.2 Å². The van der Waals surface area contributed by atoms with Crippen LogP contribution in [0.1, 0.15) is 25.0 Å². The first-order valence-corrected chi connectivity index (χ1v) is 7.78. The first-order chi connectivity index (χ1) is 11.4. The number of aromatic nitrogens is 1. The van der Waals surface area contributed by atoms with Gasteiger partial charge >= 0.3 is 12.0 Å². The lowest BCUT2D eigenvalue weighted by Gasteiger charge is -2.25. The highest BCUT2D eigenvalue weighted by Gasteiger charge is 2.32. The Kier molecular flexibility index (Phi) is 5.97. The molecule has 1 aromatic heterocycles. The molecule has 8 nitrogen and oxygen atoms in total. The highest BCUT2D eigenvalue weighted by atomic mass is 16.5. The van der Waals surface area contributed by atoms with E-state index in [2.05, 4.69) is 10.3 Å². The number of carbonyl (C=O) groups is 2. The van der Waals surface area contributed by atoms with Gasteiger partial charge in [0.2, 0.25) is 5.88 Å². The third-order valence-corrected chi connectivity index (χ3v) is 4.01. The van der Waals surface area contributed by atoms with Gasteiger partial charge in [-0.15, -0.1) is 0 Å². The van der Waals surface area contributed by atoms with E-state index in [1.807, 2.05) is 6.07 Å². The maximum Gasteiger partial charge on any atom is 0.317 e. The van der Waals surface area contributed by atoms with E-state index in [4.69, 9.17) is 14.6 Å². The maximum atomic E-state index is 12.3. The van der Waals surface area contributed by atoms with Gasteiger partial charge in [-0.1, -0.05) is 6.92 Å². The minimum atomic E-state index is -0.930. The Bertz CT molecular complexity index is 578. The minimum Gasteiger partial charge on any atom is -0.481 e. The molecule has 1 aliphatic heterocycles. The van der Waals surface area contributed by atoms with Crippen molar-refractivity contribution in [3.63, 3.8) is 0 Å². The molecule has 1 aliphatic rings. The number of carbonyl (C=O) groups excluding carboxylic acids is 1. The van der Waals surface area contributed by atoms with Crippen molar-refractivity contribution in [1.82, 2.24) is 15.2 Å². The molecule has 0 radical (unpaired) electrons. The van der Waals surface area contributed by atoms with Crippen molar-refractivity contribution in [2.75, 3.05) is 27.3 Å². The molecule has 1 unspecified atom stereocenters. The normalized spacial score (nSPS) is 21.1. The molecule has 1 saturated heterocycles. The van der Waals surface area contributed by atoms with E-state index >= 15 is 0 Å². The summed E-state index contributed by atoms with van der Waals surface area (Å²) in [5.74, 6) is -1.04. The standard InChI is InChI=1S/C16H23N3O5/c1-10(15(20)21)9-19(2)16(22)18-12-6-7-24-14(12)11-4-5-13(23-3)17-8-11/h4-5,8,10,12,14H,6-7,9H2,1-3H3,(H,18,22)(H,20,21)/t10?,12-,14+/m0/s1. The van der Waals surface area contributed by atoms with Crippen LogP contribution >= 0.6 is 0 Å². The lowest BCUT2D eigenvalue weighted by atomic mass is 10.0. The van der Waals surface area contributed by atoms with Crippen LogP contribution in [-0.2, 0) is 9.53 Å². The minimum absolute atomic E-state index is 0.142. The molecular weight excluding hydrogens is 314 g/mol.